The molecule has 4 heteroatoms. The van der Waals surface area contributed by atoms with Gasteiger partial charge in [-0.3, -0.25) is 0 Å². The maximum absolute atomic E-state index is 5.75. The number of anilines is 1. The molecule has 1 saturated heterocycles. The molecule has 1 aliphatic heterocycles. The van der Waals surface area contributed by atoms with Crippen molar-refractivity contribution in [2.24, 2.45) is 5.73 Å². The molecule has 0 bridgehead atoms. The number of benzene rings is 1. The number of halogens is 1. The molecular formula is C14H21BrN2S. The number of thioether (sulfide) groups is 1. The maximum atomic E-state index is 5.75. The van der Waals surface area contributed by atoms with Crippen LogP contribution in [-0.4, -0.2) is 23.6 Å². The first-order valence-electron chi connectivity index (χ1n) is 6.39. The predicted octanol–water partition coefficient (Wildman–Crippen LogP) is 3.63. The minimum atomic E-state index is 0.400. The fourth-order valence-electron chi connectivity index (χ4n) is 2.21. The Balaban J connectivity index is 2.18. The highest BCUT2D eigenvalue weighted by Crippen LogP contribution is 2.33. The quantitative estimate of drug-likeness (QED) is 0.898. The maximum Gasteiger partial charge on any atom is 0.0381 e. The lowest BCUT2D eigenvalue weighted by molar-refractivity contribution is 0.637. The van der Waals surface area contributed by atoms with Gasteiger partial charge in [-0.15, -0.1) is 0 Å². The molecule has 1 aliphatic rings. The standard InChI is InChI=1S/C14H21BrN2S/c1-14(2)3-4-17(5-6-18-14)13-8-11(10-16)7-12(15)9-13/h7-9H,3-6,10,16H2,1-2H3. The van der Waals surface area contributed by atoms with Crippen LogP contribution in [0.4, 0.5) is 5.69 Å². The molecule has 0 spiro atoms. The van der Waals surface area contributed by atoms with Crippen LogP contribution in [0.1, 0.15) is 25.8 Å². The molecule has 0 aliphatic carbocycles. The predicted molar refractivity (Wildman–Crippen MR) is 85.4 cm³/mol. The summed E-state index contributed by atoms with van der Waals surface area (Å²) in [6, 6.07) is 6.51. The molecule has 0 amide bonds. The van der Waals surface area contributed by atoms with Gasteiger partial charge in [0.2, 0.25) is 0 Å². The minimum absolute atomic E-state index is 0.400. The molecule has 0 atom stereocenters. The molecule has 0 unspecified atom stereocenters. The molecule has 18 heavy (non-hydrogen) atoms. The smallest absolute Gasteiger partial charge is 0.0381 e. The highest BCUT2D eigenvalue weighted by molar-refractivity contribution is 9.10. The van der Waals surface area contributed by atoms with Crippen LogP contribution in [0.2, 0.25) is 0 Å². The van der Waals surface area contributed by atoms with Crippen molar-refractivity contribution < 1.29 is 0 Å². The monoisotopic (exact) mass is 328 g/mol. The van der Waals surface area contributed by atoms with Gasteiger partial charge in [-0.05, 0) is 30.2 Å². The first-order valence-corrected chi connectivity index (χ1v) is 8.16. The van der Waals surface area contributed by atoms with E-state index in [0.29, 0.717) is 11.3 Å². The van der Waals surface area contributed by atoms with Gasteiger partial charge >= 0.3 is 0 Å². The number of nitrogens with zero attached hydrogens (tertiary/aromatic N) is 1. The Kier molecular flexibility index (Phi) is 4.62. The van der Waals surface area contributed by atoms with Crippen molar-refractivity contribution in [3.8, 4) is 0 Å². The Morgan fingerprint density at radius 2 is 2.11 bits per heavy atom. The summed E-state index contributed by atoms with van der Waals surface area (Å²) in [4.78, 5) is 2.48. The third-order valence-corrected chi connectivity index (χ3v) is 5.21. The lowest BCUT2D eigenvalue weighted by Crippen LogP contribution is -2.27. The van der Waals surface area contributed by atoms with Gasteiger partial charge in [0, 0.05) is 40.3 Å². The van der Waals surface area contributed by atoms with Crippen LogP contribution in [0.5, 0.6) is 0 Å². The zero-order valence-corrected chi connectivity index (χ0v) is 13.5. The third kappa shape index (κ3) is 3.65. The van der Waals surface area contributed by atoms with E-state index in [4.69, 9.17) is 5.73 Å². The van der Waals surface area contributed by atoms with E-state index in [9.17, 15) is 0 Å². The molecular weight excluding hydrogens is 308 g/mol. The van der Waals surface area contributed by atoms with Crippen LogP contribution in [0.15, 0.2) is 22.7 Å². The van der Waals surface area contributed by atoms with E-state index in [1.165, 1.54) is 23.4 Å². The van der Waals surface area contributed by atoms with Gasteiger partial charge in [-0.1, -0.05) is 29.8 Å². The summed E-state index contributed by atoms with van der Waals surface area (Å²) < 4.78 is 1.52. The Morgan fingerprint density at radius 1 is 1.33 bits per heavy atom. The van der Waals surface area contributed by atoms with Crippen LogP contribution in [-0.2, 0) is 6.54 Å². The molecule has 0 saturated carbocycles. The number of hydrogen-bond donors (Lipinski definition) is 1. The summed E-state index contributed by atoms with van der Waals surface area (Å²) in [7, 11) is 0. The van der Waals surface area contributed by atoms with Crippen LogP contribution in [0.3, 0.4) is 0 Å². The van der Waals surface area contributed by atoms with Crippen molar-refractivity contribution in [2.45, 2.75) is 31.6 Å². The lowest BCUT2D eigenvalue weighted by atomic mass is 10.1. The highest BCUT2D eigenvalue weighted by atomic mass is 79.9. The average Bonchev–Trinajstić information content (AvgIpc) is 2.49. The van der Waals surface area contributed by atoms with E-state index in [1.54, 1.807) is 0 Å². The molecule has 1 heterocycles. The summed E-state index contributed by atoms with van der Waals surface area (Å²) in [5.74, 6) is 1.19. The summed E-state index contributed by atoms with van der Waals surface area (Å²) in [5.41, 5.74) is 8.23. The van der Waals surface area contributed by atoms with E-state index in [-0.39, 0.29) is 0 Å². The summed E-state index contributed by atoms with van der Waals surface area (Å²) in [6.45, 7) is 7.52. The molecule has 2 rings (SSSR count). The van der Waals surface area contributed by atoms with Crippen molar-refractivity contribution in [1.29, 1.82) is 0 Å². The van der Waals surface area contributed by atoms with Gasteiger partial charge in [0.15, 0.2) is 0 Å². The SMILES string of the molecule is CC1(C)CCN(c2cc(Br)cc(CN)c2)CCS1. The van der Waals surface area contributed by atoms with Gasteiger partial charge in [-0.25, -0.2) is 0 Å². The van der Waals surface area contributed by atoms with Gasteiger partial charge in [-0.2, -0.15) is 11.8 Å². The number of nitrogens with two attached hydrogens (primary N) is 1. The van der Waals surface area contributed by atoms with Crippen molar-refractivity contribution in [1.82, 2.24) is 0 Å². The van der Waals surface area contributed by atoms with Crippen LogP contribution >= 0.6 is 27.7 Å². The van der Waals surface area contributed by atoms with Crippen LogP contribution < -0.4 is 10.6 Å². The topological polar surface area (TPSA) is 29.3 Å². The molecule has 2 N–H and O–H groups in total. The zero-order valence-electron chi connectivity index (χ0n) is 11.1. The second kappa shape index (κ2) is 5.85. The fraction of sp³-hybridized carbons (Fsp3) is 0.571. The van der Waals surface area contributed by atoms with Crippen LogP contribution in [0.25, 0.3) is 0 Å². The van der Waals surface area contributed by atoms with E-state index in [2.05, 4.69) is 64.6 Å². The molecule has 2 nitrogen and oxygen atoms in total. The Morgan fingerprint density at radius 3 is 2.83 bits per heavy atom. The normalized spacial score (nSPS) is 19.7. The second-order valence-corrected chi connectivity index (χ2v) is 8.08. The summed E-state index contributed by atoms with van der Waals surface area (Å²) in [5, 5.41) is 0. The van der Waals surface area contributed by atoms with Gasteiger partial charge in [0.05, 0.1) is 0 Å². The summed E-state index contributed by atoms with van der Waals surface area (Å²) >= 11 is 5.65. The van der Waals surface area contributed by atoms with Gasteiger partial charge < -0.3 is 10.6 Å². The van der Waals surface area contributed by atoms with E-state index >= 15 is 0 Å². The van der Waals surface area contributed by atoms with Crippen LogP contribution in [0, 0.1) is 0 Å². The molecule has 0 radical (unpaired) electrons. The Hall–Kier alpha value is -0.190. The molecule has 0 aromatic heterocycles. The summed E-state index contributed by atoms with van der Waals surface area (Å²) in [6.07, 6.45) is 1.22. The second-order valence-electron chi connectivity index (χ2n) is 5.37. The van der Waals surface area contributed by atoms with E-state index in [1.807, 2.05) is 0 Å². The Labute approximate surface area is 122 Å². The average molecular weight is 329 g/mol. The van der Waals surface area contributed by atoms with Gasteiger partial charge in [0.25, 0.3) is 0 Å². The largest absolute Gasteiger partial charge is 0.371 e. The minimum Gasteiger partial charge on any atom is -0.371 e. The highest BCUT2D eigenvalue weighted by Gasteiger charge is 2.23. The van der Waals surface area contributed by atoms with Crippen molar-refractivity contribution in [2.75, 3.05) is 23.7 Å². The van der Waals surface area contributed by atoms with Crippen molar-refractivity contribution >= 4 is 33.4 Å². The third-order valence-electron chi connectivity index (χ3n) is 3.38. The van der Waals surface area contributed by atoms with Crippen molar-refractivity contribution in [3.05, 3.63) is 28.2 Å². The van der Waals surface area contributed by atoms with Crippen molar-refractivity contribution in [3.63, 3.8) is 0 Å². The number of rotatable bonds is 2. The van der Waals surface area contributed by atoms with E-state index < -0.39 is 0 Å². The molecule has 1 fully saturated rings. The zero-order chi connectivity index (χ0) is 13.2. The Bertz CT molecular complexity index is 420. The first-order chi connectivity index (χ1) is 8.50. The fourth-order valence-corrected chi connectivity index (χ4v) is 3.84. The number of hydrogen-bond acceptors (Lipinski definition) is 3. The molecule has 1 aromatic rings. The lowest BCUT2D eigenvalue weighted by Gasteiger charge is -2.25. The van der Waals surface area contributed by atoms with Gasteiger partial charge in [0.1, 0.15) is 0 Å². The molecule has 100 valence electrons. The van der Waals surface area contributed by atoms with E-state index in [0.717, 1.165) is 17.6 Å². The first kappa shape index (κ1) is 14.2. The molecule has 1 aromatic carbocycles.